The van der Waals surface area contributed by atoms with E-state index in [1.54, 1.807) is 48.8 Å². The predicted molar refractivity (Wildman–Crippen MR) is 105 cm³/mol. The lowest BCUT2D eigenvalue weighted by Crippen LogP contribution is -2.04. The lowest BCUT2D eigenvalue weighted by atomic mass is 10.0. The van der Waals surface area contributed by atoms with Crippen molar-refractivity contribution in [2.45, 2.75) is 6.61 Å². The Hall–Kier alpha value is -3.24. The van der Waals surface area contributed by atoms with Crippen molar-refractivity contribution in [1.29, 1.82) is 0 Å². The lowest BCUT2D eigenvalue weighted by molar-refractivity contribution is 0.103. The molecule has 0 aliphatic rings. The summed E-state index contributed by atoms with van der Waals surface area (Å²) in [6.07, 6.45) is 3.22. The second-order valence-electron chi connectivity index (χ2n) is 6.00. The van der Waals surface area contributed by atoms with E-state index in [0.29, 0.717) is 34.0 Å². The first kappa shape index (κ1) is 17.2. The maximum absolute atomic E-state index is 12.9. The van der Waals surface area contributed by atoms with Crippen LogP contribution in [0.4, 0.5) is 0 Å². The van der Waals surface area contributed by atoms with Crippen molar-refractivity contribution in [1.82, 2.24) is 9.97 Å². The molecule has 132 valence electrons. The Kier molecular flexibility index (Phi) is 4.81. The van der Waals surface area contributed by atoms with E-state index in [1.807, 2.05) is 30.3 Å². The van der Waals surface area contributed by atoms with Gasteiger partial charge in [0.05, 0.1) is 16.1 Å². The minimum absolute atomic E-state index is 0.183. The average Bonchev–Trinajstić information content (AvgIpc) is 2.73. The molecule has 0 aliphatic carbocycles. The van der Waals surface area contributed by atoms with E-state index in [4.69, 9.17) is 16.3 Å². The molecule has 5 heteroatoms. The SMILES string of the molecule is O=C(c1ccc2nccnc2c1)c1cc(OCc2ccccc2)ccc1Cl. The van der Waals surface area contributed by atoms with Gasteiger partial charge < -0.3 is 4.74 Å². The van der Waals surface area contributed by atoms with Gasteiger partial charge in [-0.25, -0.2) is 0 Å². The molecular formula is C22H15ClN2O2. The zero-order valence-corrected chi connectivity index (χ0v) is 15.1. The standard InChI is InChI=1S/C22H15ClN2O2/c23-19-8-7-17(27-14-15-4-2-1-3-5-15)13-18(19)22(26)16-6-9-20-21(12-16)25-11-10-24-20/h1-13H,14H2. The number of hydrogen-bond acceptors (Lipinski definition) is 4. The van der Waals surface area contributed by atoms with Crippen molar-refractivity contribution in [2.24, 2.45) is 0 Å². The molecule has 0 spiro atoms. The Morgan fingerprint density at radius 2 is 1.67 bits per heavy atom. The molecule has 1 heterocycles. The van der Waals surface area contributed by atoms with E-state index in [1.165, 1.54) is 0 Å². The maximum atomic E-state index is 12.9. The monoisotopic (exact) mass is 374 g/mol. The number of benzene rings is 3. The van der Waals surface area contributed by atoms with Crippen LogP contribution in [0.3, 0.4) is 0 Å². The fourth-order valence-corrected chi connectivity index (χ4v) is 2.97. The second-order valence-corrected chi connectivity index (χ2v) is 6.41. The zero-order chi connectivity index (χ0) is 18.6. The van der Waals surface area contributed by atoms with Gasteiger partial charge in [0.25, 0.3) is 0 Å². The number of fused-ring (bicyclic) bond motifs is 1. The molecular weight excluding hydrogens is 360 g/mol. The molecule has 0 N–H and O–H groups in total. The predicted octanol–water partition coefficient (Wildman–Crippen LogP) is 5.09. The lowest BCUT2D eigenvalue weighted by Gasteiger charge is -2.10. The highest BCUT2D eigenvalue weighted by Crippen LogP contribution is 2.26. The van der Waals surface area contributed by atoms with E-state index in [2.05, 4.69) is 9.97 Å². The Morgan fingerprint density at radius 1 is 0.889 bits per heavy atom. The molecule has 4 rings (SSSR count). The van der Waals surface area contributed by atoms with Gasteiger partial charge in [0.15, 0.2) is 5.78 Å². The van der Waals surface area contributed by atoms with Gasteiger partial charge in [0.1, 0.15) is 12.4 Å². The van der Waals surface area contributed by atoms with Crippen LogP contribution in [0.2, 0.25) is 5.02 Å². The first-order chi connectivity index (χ1) is 13.2. The molecule has 0 saturated heterocycles. The Morgan fingerprint density at radius 3 is 2.48 bits per heavy atom. The van der Waals surface area contributed by atoms with Gasteiger partial charge in [-0.2, -0.15) is 0 Å². The molecule has 0 radical (unpaired) electrons. The van der Waals surface area contributed by atoms with Crippen LogP contribution in [0.25, 0.3) is 11.0 Å². The number of aromatic nitrogens is 2. The van der Waals surface area contributed by atoms with Crippen molar-refractivity contribution in [2.75, 3.05) is 0 Å². The second kappa shape index (κ2) is 7.56. The first-order valence-corrected chi connectivity index (χ1v) is 8.80. The maximum Gasteiger partial charge on any atom is 0.194 e. The van der Waals surface area contributed by atoms with E-state index in [9.17, 15) is 4.79 Å². The van der Waals surface area contributed by atoms with Crippen molar-refractivity contribution < 1.29 is 9.53 Å². The van der Waals surface area contributed by atoms with Crippen molar-refractivity contribution in [3.05, 3.63) is 101 Å². The van der Waals surface area contributed by atoms with Crippen LogP contribution in [0.5, 0.6) is 5.75 Å². The van der Waals surface area contributed by atoms with Gasteiger partial charge in [-0.1, -0.05) is 41.9 Å². The number of carbonyl (C=O) groups excluding carboxylic acids is 1. The number of ketones is 1. The summed E-state index contributed by atoms with van der Waals surface area (Å²) in [5.41, 5.74) is 3.35. The fraction of sp³-hybridized carbons (Fsp3) is 0.0455. The number of hydrogen-bond donors (Lipinski definition) is 0. The third-order valence-corrected chi connectivity index (χ3v) is 4.49. The van der Waals surface area contributed by atoms with Gasteiger partial charge in [-0.05, 0) is 42.0 Å². The summed E-state index contributed by atoms with van der Waals surface area (Å²) in [4.78, 5) is 21.4. The summed E-state index contributed by atoms with van der Waals surface area (Å²) in [5, 5.41) is 0.381. The molecule has 0 fully saturated rings. The largest absolute Gasteiger partial charge is 0.489 e. The average molecular weight is 375 g/mol. The van der Waals surface area contributed by atoms with E-state index in [-0.39, 0.29) is 5.78 Å². The quantitative estimate of drug-likeness (QED) is 0.456. The van der Waals surface area contributed by atoms with Gasteiger partial charge in [-0.15, -0.1) is 0 Å². The highest BCUT2D eigenvalue weighted by Gasteiger charge is 2.15. The van der Waals surface area contributed by atoms with E-state index in [0.717, 1.165) is 11.1 Å². The van der Waals surface area contributed by atoms with Crippen molar-refractivity contribution >= 4 is 28.4 Å². The Bertz CT molecular complexity index is 1110. The summed E-state index contributed by atoms with van der Waals surface area (Å²) in [7, 11) is 0. The molecule has 0 unspecified atom stereocenters. The summed E-state index contributed by atoms with van der Waals surface area (Å²) in [5.74, 6) is 0.407. The first-order valence-electron chi connectivity index (χ1n) is 8.42. The van der Waals surface area contributed by atoms with Crippen LogP contribution in [0.1, 0.15) is 21.5 Å². The highest BCUT2D eigenvalue weighted by molar-refractivity contribution is 6.35. The molecule has 4 aromatic rings. The van der Waals surface area contributed by atoms with Crippen LogP contribution in [-0.4, -0.2) is 15.8 Å². The Labute approximate surface area is 161 Å². The summed E-state index contributed by atoms with van der Waals surface area (Å²) < 4.78 is 5.81. The van der Waals surface area contributed by atoms with Crippen LogP contribution in [0, 0.1) is 0 Å². The molecule has 0 saturated carbocycles. The van der Waals surface area contributed by atoms with Gasteiger partial charge in [0, 0.05) is 23.5 Å². The summed E-state index contributed by atoms with van der Waals surface area (Å²) in [6.45, 7) is 0.418. The molecule has 3 aromatic carbocycles. The number of nitrogens with zero attached hydrogens (tertiary/aromatic N) is 2. The molecule has 0 bridgehead atoms. The third kappa shape index (κ3) is 3.81. The van der Waals surface area contributed by atoms with Crippen LogP contribution >= 0.6 is 11.6 Å². The minimum atomic E-state index is -0.183. The molecule has 4 nitrogen and oxygen atoms in total. The van der Waals surface area contributed by atoms with Gasteiger partial charge in [-0.3, -0.25) is 14.8 Å². The van der Waals surface area contributed by atoms with Crippen LogP contribution in [0.15, 0.2) is 79.1 Å². The number of carbonyl (C=O) groups is 1. The molecule has 0 amide bonds. The van der Waals surface area contributed by atoms with Gasteiger partial charge in [0.2, 0.25) is 0 Å². The molecule has 0 aliphatic heterocycles. The molecule has 27 heavy (non-hydrogen) atoms. The summed E-state index contributed by atoms with van der Waals surface area (Å²) in [6, 6.07) is 20.2. The zero-order valence-electron chi connectivity index (χ0n) is 14.3. The highest BCUT2D eigenvalue weighted by atomic mass is 35.5. The smallest absolute Gasteiger partial charge is 0.194 e. The molecule has 0 atom stereocenters. The van der Waals surface area contributed by atoms with Crippen LogP contribution in [-0.2, 0) is 6.61 Å². The minimum Gasteiger partial charge on any atom is -0.489 e. The van der Waals surface area contributed by atoms with E-state index >= 15 is 0 Å². The number of halogens is 1. The molecule has 1 aromatic heterocycles. The van der Waals surface area contributed by atoms with Crippen LogP contribution < -0.4 is 4.74 Å². The summed E-state index contributed by atoms with van der Waals surface area (Å²) >= 11 is 6.27. The topological polar surface area (TPSA) is 52.1 Å². The fourth-order valence-electron chi connectivity index (χ4n) is 2.77. The van der Waals surface area contributed by atoms with Crippen molar-refractivity contribution in [3.63, 3.8) is 0 Å². The van der Waals surface area contributed by atoms with E-state index < -0.39 is 0 Å². The number of rotatable bonds is 5. The van der Waals surface area contributed by atoms with Gasteiger partial charge >= 0.3 is 0 Å². The van der Waals surface area contributed by atoms with Crippen molar-refractivity contribution in [3.8, 4) is 5.75 Å². The third-order valence-electron chi connectivity index (χ3n) is 4.16. The normalized spacial score (nSPS) is 10.7. The number of ether oxygens (including phenoxy) is 1. The Balaban J connectivity index is 1.60.